The molecule has 2 rings (SSSR count). The molecule has 8 heteroatoms. The van der Waals surface area contributed by atoms with E-state index in [9.17, 15) is 14.4 Å². The normalized spacial score (nSPS) is 16.9. The van der Waals surface area contributed by atoms with Gasteiger partial charge in [-0.25, -0.2) is 4.79 Å². The molecular weight excluding hydrogens is 330 g/mol. The molecule has 2 N–H and O–H groups in total. The molecule has 130 valence electrons. The van der Waals surface area contributed by atoms with Gasteiger partial charge >= 0.3 is 6.03 Å². The van der Waals surface area contributed by atoms with Crippen LogP contribution in [0.15, 0.2) is 24.3 Å². The summed E-state index contributed by atoms with van der Waals surface area (Å²) < 4.78 is 5.33. The van der Waals surface area contributed by atoms with Crippen molar-refractivity contribution in [1.29, 1.82) is 0 Å². The summed E-state index contributed by atoms with van der Waals surface area (Å²) in [5.41, 5.74) is 0.578. The zero-order valence-electron chi connectivity index (χ0n) is 13.7. The van der Waals surface area contributed by atoms with Crippen molar-refractivity contribution in [1.82, 2.24) is 10.2 Å². The molecule has 1 aliphatic rings. The molecule has 24 heavy (non-hydrogen) atoms. The Balaban J connectivity index is 1.89. The van der Waals surface area contributed by atoms with E-state index in [1.165, 1.54) is 0 Å². The van der Waals surface area contributed by atoms with E-state index in [0.717, 1.165) is 10.7 Å². The van der Waals surface area contributed by atoms with Gasteiger partial charge in [-0.1, -0.05) is 0 Å². The van der Waals surface area contributed by atoms with Crippen LogP contribution in [0.25, 0.3) is 0 Å². The minimum Gasteiger partial charge on any atom is -0.494 e. The Hall–Kier alpha value is -2.22. The van der Waals surface area contributed by atoms with Gasteiger partial charge in [-0.2, -0.15) is 11.8 Å². The van der Waals surface area contributed by atoms with Gasteiger partial charge in [0.2, 0.25) is 5.91 Å². The summed E-state index contributed by atoms with van der Waals surface area (Å²) in [6.45, 7) is 2.16. The van der Waals surface area contributed by atoms with Crippen molar-refractivity contribution < 1.29 is 19.1 Å². The van der Waals surface area contributed by atoms with Crippen molar-refractivity contribution >= 4 is 35.3 Å². The summed E-state index contributed by atoms with van der Waals surface area (Å²) in [7, 11) is 0. The Morgan fingerprint density at radius 2 is 2.04 bits per heavy atom. The van der Waals surface area contributed by atoms with Crippen LogP contribution in [0.1, 0.15) is 13.3 Å². The SMILES string of the molecule is CCOc1ccc(NC(=O)CN2C(=O)N[C@@H](CCSC)C2=O)cc1. The van der Waals surface area contributed by atoms with Crippen LogP contribution in [0.2, 0.25) is 0 Å². The predicted octanol–water partition coefficient (Wildman–Crippen LogP) is 1.70. The third-order valence-corrected chi connectivity index (χ3v) is 4.11. The highest BCUT2D eigenvalue weighted by Gasteiger charge is 2.38. The van der Waals surface area contributed by atoms with Gasteiger partial charge in [-0.15, -0.1) is 0 Å². The first-order valence-electron chi connectivity index (χ1n) is 7.68. The smallest absolute Gasteiger partial charge is 0.325 e. The second-order valence-electron chi connectivity index (χ2n) is 5.21. The molecule has 1 saturated heterocycles. The number of amides is 4. The fraction of sp³-hybridized carbons (Fsp3) is 0.438. The van der Waals surface area contributed by atoms with Crippen LogP contribution >= 0.6 is 11.8 Å². The van der Waals surface area contributed by atoms with E-state index in [1.807, 2.05) is 13.2 Å². The molecule has 1 aromatic rings. The van der Waals surface area contributed by atoms with Gasteiger partial charge in [-0.05, 0) is 49.6 Å². The lowest BCUT2D eigenvalue weighted by molar-refractivity contribution is -0.130. The number of nitrogens with zero attached hydrogens (tertiary/aromatic N) is 1. The van der Waals surface area contributed by atoms with E-state index >= 15 is 0 Å². The molecule has 0 aromatic heterocycles. The molecule has 0 bridgehead atoms. The van der Waals surface area contributed by atoms with Gasteiger partial charge < -0.3 is 15.4 Å². The molecular formula is C16H21N3O4S. The summed E-state index contributed by atoms with van der Waals surface area (Å²) >= 11 is 1.60. The molecule has 1 aliphatic heterocycles. The van der Waals surface area contributed by atoms with Crippen molar-refractivity contribution in [2.45, 2.75) is 19.4 Å². The zero-order valence-corrected chi connectivity index (χ0v) is 14.5. The average molecular weight is 351 g/mol. The molecule has 1 fully saturated rings. The predicted molar refractivity (Wildman–Crippen MR) is 93.3 cm³/mol. The number of thioether (sulfide) groups is 1. The van der Waals surface area contributed by atoms with Crippen LogP contribution in [0.3, 0.4) is 0 Å². The van der Waals surface area contributed by atoms with Crippen LogP contribution < -0.4 is 15.4 Å². The molecule has 1 aromatic carbocycles. The highest BCUT2D eigenvalue weighted by molar-refractivity contribution is 7.98. The fourth-order valence-corrected chi connectivity index (χ4v) is 2.77. The van der Waals surface area contributed by atoms with E-state index in [-0.39, 0.29) is 12.5 Å². The summed E-state index contributed by atoms with van der Waals surface area (Å²) in [5, 5.41) is 5.27. The van der Waals surface area contributed by atoms with Gasteiger partial charge in [0.05, 0.1) is 6.61 Å². The van der Waals surface area contributed by atoms with Gasteiger partial charge in [0.1, 0.15) is 18.3 Å². The first-order valence-corrected chi connectivity index (χ1v) is 9.08. The minimum absolute atomic E-state index is 0.298. The van der Waals surface area contributed by atoms with Crippen LogP contribution in [-0.4, -0.2) is 53.9 Å². The molecule has 1 atom stereocenters. The van der Waals surface area contributed by atoms with Crippen molar-refractivity contribution in [2.75, 3.05) is 30.5 Å². The number of urea groups is 1. The maximum atomic E-state index is 12.2. The van der Waals surface area contributed by atoms with Crippen molar-refractivity contribution in [3.8, 4) is 5.75 Å². The number of hydrogen-bond donors (Lipinski definition) is 2. The number of carbonyl (C=O) groups is 3. The molecule has 4 amide bonds. The highest BCUT2D eigenvalue weighted by Crippen LogP contribution is 2.16. The topological polar surface area (TPSA) is 87.7 Å². The number of nitrogens with one attached hydrogen (secondary N) is 2. The summed E-state index contributed by atoms with van der Waals surface area (Å²) in [4.78, 5) is 37.0. The second-order valence-corrected chi connectivity index (χ2v) is 6.20. The molecule has 0 spiro atoms. The third-order valence-electron chi connectivity index (χ3n) is 3.47. The number of imide groups is 1. The van der Waals surface area contributed by atoms with Crippen molar-refractivity contribution in [3.63, 3.8) is 0 Å². The Morgan fingerprint density at radius 1 is 1.33 bits per heavy atom. The average Bonchev–Trinajstić information content (AvgIpc) is 2.82. The van der Waals surface area contributed by atoms with E-state index in [4.69, 9.17) is 4.74 Å². The highest BCUT2D eigenvalue weighted by atomic mass is 32.2. The maximum Gasteiger partial charge on any atom is 0.325 e. The van der Waals surface area contributed by atoms with E-state index in [2.05, 4.69) is 10.6 Å². The van der Waals surface area contributed by atoms with E-state index in [0.29, 0.717) is 24.5 Å². The number of ether oxygens (including phenoxy) is 1. The maximum absolute atomic E-state index is 12.2. The number of benzene rings is 1. The minimum atomic E-state index is -0.539. The molecule has 0 unspecified atom stereocenters. The summed E-state index contributed by atoms with van der Waals surface area (Å²) in [6, 6.07) is 5.83. The summed E-state index contributed by atoms with van der Waals surface area (Å²) in [5.74, 6) is 0.702. The lowest BCUT2D eigenvalue weighted by Crippen LogP contribution is -2.38. The number of hydrogen-bond acceptors (Lipinski definition) is 5. The van der Waals surface area contributed by atoms with Crippen LogP contribution in [0.4, 0.5) is 10.5 Å². The van der Waals surface area contributed by atoms with Gasteiger partial charge in [-0.3, -0.25) is 14.5 Å². The second kappa shape index (κ2) is 8.58. The van der Waals surface area contributed by atoms with Crippen LogP contribution in [0, 0.1) is 0 Å². The van der Waals surface area contributed by atoms with E-state index in [1.54, 1.807) is 36.0 Å². The van der Waals surface area contributed by atoms with Crippen LogP contribution in [-0.2, 0) is 9.59 Å². The molecule has 1 heterocycles. The Kier molecular flexibility index (Phi) is 6.48. The Bertz CT molecular complexity index is 606. The third kappa shape index (κ3) is 4.64. The standard InChI is InChI=1S/C16H21N3O4S/c1-3-23-12-6-4-11(5-7-12)17-14(20)10-19-15(21)13(8-9-24-2)18-16(19)22/h4-7,13H,3,8-10H2,1-2H3,(H,17,20)(H,18,22)/t13-/m0/s1. The molecule has 0 saturated carbocycles. The van der Waals surface area contributed by atoms with Crippen molar-refractivity contribution in [3.05, 3.63) is 24.3 Å². The Morgan fingerprint density at radius 3 is 2.67 bits per heavy atom. The van der Waals surface area contributed by atoms with Gasteiger partial charge in [0.15, 0.2) is 0 Å². The number of rotatable bonds is 8. The summed E-state index contributed by atoms with van der Waals surface area (Å²) in [6.07, 6.45) is 2.49. The largest absolute Gasteiger partial charge is 0.494 e. The zero-order chi connectivity index (χ0) is 17.5. The first kappa shape index (κ1) is 18.1. The lowest BCUT2D eigenvalue weighted by Gasteiger charge is -2.13. The van der Waals surface area contributed by atoms with Crippen molar-refractivity contribution in [2.24, 2.45) is 0 Å². The van der Waals surface area contributed by atoms with Gasteiger partial charge in [0.25, 0.3) is 5.91 Å². The number of carbonyl (C=O) groups excluding carboxylic acids is 3. The van der Waals surface area contributed by atoms with E-state index < -0.39 is 18.0 Å². The quantitative estimate of drug-likeness (QED) is 0.696. The Labute approximate surface area is 145 Å². The monoisotopic (exact) mass is 351 g/mol. The number of anilines is 1. The first-order chi connectivity index (χ1) is 11.5. The molecule has 0 radical (unpaired) electrons. The van der Waals surface area contributed by atoms with Gasteiger partial charge in [0, 0.05) is 5.69 Å². The molecule has 7 nitrogen and oxygen atoms in total. The fourth-order valence-electron chi connectivity index (χ4n) is 2.30. The lowest BCUT2D eigenvalue weighted by atomic mass is 10.2. The molecule has 0 aliphatic carbocycles. The van der Waals surface area contributed by atoms with Crippen LogP contribution in [0.5, 0.6) is 5.75 Å².